The molecule has 1 rings (SSSR count). The molecule has 0 aromatic heterocycles. The van der Waals surface area contributed by atoms with Gasteiger partial charge in [0.25, 0.3) is 0 Å². The molecule has 0 saturated heterocycles. The first kappa shape index (κ1) is 12.7. The lowest BCUT2D eigenvalue weighted by Gasteiger charge is -2.13. The summed E-state index contributed by atoms with van der Waals surface area (Å²) in [4.78, 5) is 3.22. The molecule has 88 valence electrons. The standard InChI is InChI=1S/C12H18N2O2/c1-3-7-15-10-5-6-12(16-8-4-2)11(9-10)14-13/h5-6,9,12H,3-4,7-8H2,1-2H3. The quantitative estimate of drug-likeness (QED) is 0.511. The van der Waals surface area contributed by atoms with Crippen molar-refractivity contribution in [2.75, 3.05) is 13.2 Å². The largest absolute Gasteiger partial charge is 0.493 e. The van der Waals surface area contributed by atoms with Gasteiger partial charge in [0.2, 0.25) is 0 Å². The Balaban J connectivity index is 2.61. The van der Waals surface area contributed by atoms with Crippen molar-refractivity contribution in [1.82, 2.24) is 0 Å². The van der Waals surface area contributed by atoms with Crippen LogP contribution in [0.4, 0.5) is 0 Å². The third-order valence-electron chi connectivity index (χ3n) is 2.11. The van der Waals surface area contributed by atoms with Crippen LogP contribution in [-0.2, 0) is 9.47 Å². The van der Waals surface area contributed by atoms with Crippen LogP contribution in [0.25, 0.3) is 5.53 Å². The molecule has 0 saturated carbocycles. The second kappa shape index (κ2) is 6.99. The van der Waals surface area contributed by atoms with Crippen molar-refractivity contribution in [3.05, 3.63) is 29.5 Å². The first-order valence-electron chi connectivity index (χ1n) is 5.68. The third-order valence-corrected chi connectivity index (χ3v) is 2.11. The summed E-state index contributed by atoms with van der Waals surface area (Å²) in [7, 11) is 0. The number of hydrogen-bond donors (Lipinski definition) is 0. The smallest absolute Gasteiger partial charge is 0.328 e. The fraction of sp³-hybridized carbons (Fsp3) is 0.583. The minimum Gasteiger partial charge on any atom is -0.493 e. The van der Waals surface area contributed by atoms with E-state index in [1.165, 1.54) is 0 Å². The minimum atomic E-state index is -0.265. The highest BCUT2D eigenvalue weighted by atomic mass is 16.5. The predicted octanol–water partition coefficient (Wildman–Crippen LogP) is 2.33. The van der Waals surface area contributed by atoms with E-state index < -0.39 is 0 Å². The van der Waals surface area contributed by atoms with Gasteiger partial charge in [-0.3, -0.25) is 0 Å². The Bertz CT molecular complexity index is 328. The Hall–Kier alpha value is -1.38. The highest BCUT2D eigenvalue weighted by molar-refractivity contribution is 5.97. The molecule has 0 heterocycles. The summed E-state index contributed by atoms with van der Waals surface area (Å²) >= 11 is 0. The van der Waals surface area contributed by atoms with Crippen LogP contribution in [-0.4, -0.2) is 29.8 Å². The molecule has 0 fully saturated rings. The van der Waals surface area contributed by atoms with E-state index in [-0.39, 0.29) is 6.10 Å². The number of allylic oxidation sites excluding steroid dienone is 1. The van der Waals surface area contributed by atoms with E-state index in [9.17, 15) is 0 Å². The van der Waals surface area contributed by atoms with Gasteiger partial charge in [-0.25, -0.2) is 0 Å². The molecule has 1 atom stereocenters. The zero-order chi connectivity index (χ0) is 11.8. The van der Waals surface area contributed by atoms with Crippen LogP contribution in [0.1, 0.15) is 26.7 Å². The van der Waals surface area contributed by atoms with E-state index in [2.05, 4.69) is 4.79 Å². The van der Waals surface area contributed by atoms with Crippen molar-refractivity contribution in [2.24, 2.45) is 0 Å². The number of rotatable bonds is 6. The lowest BCUT2D eigenvalue weighted by molar-refractivity contribution is -0.0230. The zero-order valence-electron chi connectivity index (χ0n) is 9.85. The van der Waals surface area contributed by atoms with Gasteiger partial charge >= 0.3 is 5.71 Å². The molecular formula is C12H18N2O2. The highest BCUT2D eigenvalue weighted by Gasteiger charge is 2.23. The van der Waals surface area contributed by atoms with E-state index in [1.807, 2.05) is 26.0 Å². The van der Waals surface area contributed by atoms with Crippen molar-refractivity contribution in [2.45, 2.75) is 32.8 Å². The lowest BCUT2D eigenvalue weighted by atomic mass is 10.1. The highest BCUT2D eigenvalue weighted by Crippen LogP contribution is 2.12. The zero-order valence-corrected chi connectivity index (χ0v) is 9.85. The van der Waals surface area contributed by atoms with Crippen molar-refractivity contribution < 1.29 is 14.3 Å². The average molecular weight is 222 g/mol. The van der Waals surface area contributed by atoms with Gasteiger partial charge in [0.1, 0.15) is 5.76 Å². The van der Waals surface area contributed by atoms with Crippen LogP contribution in [0.15, 0.2) is 24.0 Å². The fourth-order valence-electron chi connectivity index (χ4n) is 1.34. The van der Waals surface area contributed by atoms with Crippen LogP contribution in [0.3, 0.4) is 0 Å². The maximum atomic E-state index is 8.88. The number of hydrogen-bond acceptors (Lipinski definition) is 2. The van der Waals surface area contributed by atoms with Crippen LogP contribution in [0.5, 0.6) is 0 Å². The molecule has 0 aromatic carbocycles. The van der Waals surface area contributed by atoms with Crippen molar-refractivity contribution in [1.29, 1.82) is 0 Å². The Morgan fingerprint density at radius 2 is 2.06 bits per heavy atom. The maximum absolute atomic E-state index is 8.88. The lowest BCUT2D eigenvalue weighted by Crippen LogP contribution is -2.24. The van der Waals surface area contributed by atoms with Gasteiger partial charge in [-0.1, -0.05) is 13.8 Å². The SMILES string of the molecule is CCCOC1=CC(=[N+]=[N-])C(OCCC)C=C1. The maximum Gasteiger partial charge on any atom is 0.328 e. The molecule has 1 unspecified atom stereocenters. The minimum absolute atomic E-state index is 0.265. The van der Waals surface area contributed by atoms with Gasteiger partial charge in [0, 0.05) is 6.61 Å². The van der Waals surface area contributed by atoms with Gasteiger partial charge in [-0.15, -0.1) is 0 Å². The Morgan fingerprint density at radius 1 is 1.31 bits per heavy atom. The summed E-state index contributed by atoms with van der Waals surface area (Å²) in [5.41, 5.74) is 9.37. The molecule has 16 heavy (non-hydrogen) atoms. The summed E-state index contributed by atoms with van der Waals surface area (Å²) in [6.07, 6.45) is 7.02. The van der Waals surface area contributed by atoms with Crippen molar-refractivity contribution in [3.63, 3.8) is 0 Å². The van der Waals surface area contributed by atoms with E-state index in [1.54, 1.807) is 6.08 Å². The summed E-state index contributed by atoms with van der Waals surface area (Å²) < 4.78 is 11.0. The van der Waals surface area contributed by atoms with Crippen molar-refractivity contribution >= 4 is 5.71 Å². The number of ether oxygens (including phenoxy) is 2. The van der Waals surface area contributed by atoms with Crippen LogP contribution >= 0.6 is 0 Å². The molecule has 1 aliphatic carbocycles. The van der Waals surface area contributed by atoms with E-state index in [4.69, 9.17) is 15.0 Å². The molecule has 1 aliphatic rings. The second-order valence-corrected chi connectivity index (χ2v) is 3.57. The van der Waals surface area contributed by atoms with Gasteiger partial charge in [-0.2, -0.15) is 4.79 Å². The predicted molar refractivity (Wildman–Crippen MR) is 62.1 cm³/mol. The van der Waals surface area contributed by atoms with Gasteiger partial charge in [0.15, 0.2) is 6.10 Å². The summed E-state index contributed by atoms with van der Waals surface area (Å²) in [5, 5.41) is 0. The van der Waals surface area contributed by atoms with Gasteiger partial charge in [-0.05, 0) is 25.0 Å². The molecule has 0 radical (unpaired) electrons. The molecular weight excluding hydrogens is 204 g/mol. The van der Waals surface area contributed by atoms with Crippen molar-refractivity contribution in [3.8, 4) is 0 Å². The number of nitrogens with zero attached hydrogens (tertiary/aromatic N) is 2. The summed E-state index contributed by atoms with van der Waals surface area (Å²) in [6, 6.07) is 0. The topological polar surface area (TPSA) is 54.9 Å². The summed E-state index contributed by atoms with van der Waals surface area (Å²) in [6.45, 7) is 5.39. The molecule has 0 N–H and O–H groups in total. The van der Waals surface area contributed by atoms with E-state index in [0.717, 1.165) is 12.8 Å². The van der Waals surface area contributed by atoms with Crippen LogP contribution < -0.4 is 0 Å². The Kier molecular flexibility index (Phi) is 5.54. The molecule has 0 aliphatic heterocycles. The normalized spacial score (nSPS) is 19.2. The fourth-order valence-corrected chi connectivity index (χ4v) is 1.34. The molecule has 0 amide bonds. The van der Waals surface area contributed by atoms with Gasteiger partial charge < -0.3 is 15.0 Å². The summed E-state index contributed by atoms with van der Waals surface area (Å²) in [5.74, 6) is 0.714. The molecule has 0 aromatic rings. The molecule has 0 spiro atoms. The van der Waals surface area contributed by atoms with Crippen LogP contribution in [0.2, 0.25) is 0 Å². The second-order valence-electron chi connectivity index (χ2n) is 3.57. The molecule has 4 heteroatoms. The Labute approximate surface area is 96.2 Å². The first-order chi connectivity index (χ1) is 7.81. The van der Waals surface area contributed by atoms with E-state index >= 15 is 0 Å². The monoisotopic (exact) mass is 222 g/mol. The average Bonchev–Trinajstić information content (AvgIpc) is 2.34. The first-order valence-corrected chi connectivity index (χ1v) is 5.68. The van der Waals surface area contributed by atoms with Gasteiger partial charge in [0.05, 0.1) is 12.7 Å². The van der Waals surface area contributed by atoms with E-state index in [0.29, 0.717) is 24.7 Å². The van der Waals surface area contributed by atoms with Crippen LogP contribution in [0, 0.1) is 0 Å². The molecule has 4 nitrogen and oxygen atoms in total. The third kappa shape index (κ3) is 3.65. The molecule has 0 bridgehead atoms. The Morgan fingerprint density at radius 3 is 2.69 bits per heavy atom.